The molecular formula is C10H6ClF4NO2S. The van der Waals surface area contributed by atoms with Gasteiger partial charge in [-0.25, -0.2) is 12.8 Å². The minimum Gasteiger partial charge on any atom is -0.337 e. The van der Waals surface area contributed by atoms with Gasteiger partial charge in [0, 0.05) is 27.8 Å². The van der Waals surface area contributed by atoms with Crippen LogP contribution in [-0.4, -0.2) is 19.2 Å². The summed E-state index contributed by atoms with van der Waals surface area (Å²) in [6.45, 7) is -1.39. The van der Waals surface area contributed by atoms with Crippen LogP contribution < -0.4 is 0 Å². The third-order valence-electron chi connectivity index (χ3n) is 2.42. The van der Waals surface area contributed by atoms with E-state index in [2.05, 4.69) is 0 Å². The van der Waals surface area contributed by atoms with Crippen LogP contribution in [0.5, 0.6) is 0 Å². The van der Waals surface area contributed by atoms with Crippen molar-refractivity contribution in [2.24, 2.45) is 0 Å². The number of hydrogen-bond acceptors (Lipinski definition) is 2. The van der Waals surface area contributed by atoms with Gasteiger partial charge in [0.1, 0.15) is 17.3 Å². The van der Waals surface area contributed by atoms with E-state index in [1.807, 2.05) is 0 Å². The number of hydrogen-bond donors (Lipinski definition) is 0. The second kappa shape index (κ2) is 4.38. The molecule has 0 atom stereocenters. The Morgan fingerprint density at radius 2 is 1.89 bits per heavy atom. The molecule has 0 N–H and O–H groups in total. The van der Waals surface area contributed by atoms with Gasteiger partial charge in [0.2, 0.25) is 0 Å². The van der Waals surface area contributed by atoms with Crippen molar-refractivity contribution in [3.8, 4) is 0 Å². The highest BCUT2D eigenvalue weighted by atomic mass is 35.7. The van der Waals surface area contributed by atoms with E-state index >= 15 is 0 Å². The van der Waals surface area contributed by atoms with Crippen LogP contribution in [0.25, 0.3) is 10.9 Å². The Morgan fingerprint density at radius 1 is 1.26 bits per heavy atom. The minimum absolute atomic E-state index is 0.0575. The summed E-state index contributed by atoms with van der Waals surface area (Å²) in [5.41, 5.74) is -0.0575. The Balaban J connectivity index is 2.74. The molecule has 0 amide bonds. The summed E-state index contributed by atoms with van der Waals surface area (Å²) in [4.78, 5) is -0.548. The first-order valence-electron chi connectivity index (χ1n) is 4.88. The number of rotatable bonds is 2. The van der Waals surface area contributed by atoms with Crippen molar-refractivity contribution in [2.75, 3.05) is 0 Å². The Bertz CT molecular complexity index is 736. The molecule has 9 heteroatoms. The van der Waals surface area contributed by atoms with Gasteiger partial charge in [-0.2, -0.15) is 13.2 Å². The summed E-state index contributed by atoms with van der Waals surface area (Å²) >= 11 is 0. The molecule has 3 nitrogen and oxygen atoms in total. The van der Waals surface area contributed by atoms with Gasteiger partial charge in [-0.1, -0.05) is 0 Å². The molecule has 0 aliphatic heterocycles. The fourth-order valence-electron chi connectivity index (χ4n) is 1.75. The minimum atomic E-state index is -4.53. The molecule has 0 fully saturated rings. The van der Waals surface area contributed by atoms with Gasteiger partial charge < -0.3 is 4.57 Å². The molecule has 19 heavy (non-hydrogen) atoms. The first-order chi connectivity index (χ1) is 8.58. The number of fused-ring (bicyclic) bond motifs is 1. The lowest BCUT2D eigenvalue weighted by Gasteiger charge is -2.08. The molecule has 1 heterocycles. The highest BCUT2D eigenvalue weighted by Gasteiger charge is 2.30. The average Bonchev–Trinajstić information content (AvgIpc) is 2.53. The van der Waals surface area contributed by atoms with E-state index in [4.69, 9.17) is 10.7 Å². The molecule has 0 bridgehead atoms. The summed E-state index contributed by atoms with van der Waals surface area (Å²) in [6.07, 6.45) is -3.78. The molecule has 1 aromatic heterocycles. The molecule has 0 aliphatic carbocycles. The molecule has 0 spiro atoms. The normalized spacial score (nSPS) is 13.1. The van der Waals surface area contributed by atoms with Crippen molar-refractivity contribution in [1.82, 2.24) is 4.57 Å². The second-order valence-corrected chi connectivity index (χ2v) is 6.37. The number of alkyl halides is 3. The van der Waals surface area contributed by atoms with Crippen LogP contribution in [0.3, 0.4) is 0 Å². The van der Waals surface area contributed by atoms with Gasteiger partial charge in [0.25, 0.3) is 9.05 Å². The summed E-state index contributed by atoms with van der Waals surface area (Å²) in [5, 5.41) is -0.181. The van der Waals surface area contributed by atoms with Crippen molar-refractivity contribution >= 4 is 30.6 Å². The molecular weight excluding hydrogens is 310 g/mol. The maximum atomic E-state index is 13.1. The third kappa shape index (κ3) is 3.01. The van der Waals surface area contributed by atoms with E-state index in [1.54, 1.807) is 0 Å². The number of benzene rings is 1. The van der Waals surface area contributed by atoms with Crippen LogP contribution in [-0.2, 0) is 15.6 Å². The molecule has 0 radical (unpaired) electrons. The van der Waals surface area contributed by atoms with E-state index in [9.17, 15) is 26.0 Å². The third-order valence-corrected chi connectivity index (χ3v) is 3.77. The predicted octanol–water partition coefficient (Wildman–Crippen LogP) is 3.27. The summed E-state index contributed by atoms with van der Waals surface area (Å²) in [6, 6.07) is 2.85. The van der Waals surface area contributed by atoms with Crippen LogP contribution in [0.1, 0.15) is 0 Å². The van der Waals surface area contributed by atoms with Crippen LogP contribution in [0.2, 0.25) is 0 Å². The molecule has 2 aromatic rings. The van der Waals surface area contributed by atoms with Crippen LogP contribution in [0.4, 0.5) is 17.6 Å². The van der Waals surface area contributed by atoms with E-state index in [1.165, 1.54) is 0 Å². The lowest BCUT2D eigenvalue weighted by molar-refractivity contribution is -0.139. The van der Waals surface area contributed by atoms with Gasteiger partial charge in [-0.15, -0.1) is 0 Å². The Labute approximate surface area is 109 Å². The number of nitrogens with zero attached hydrogens (tertiary/aromatic N) is 1. The van der Waals surface area contributed by atoms with Crippen LogP contribution in [0, 0.1) is 5.82 Å². The highest BCUT2D eigenvalue weighted by molar-refractivity contribution is 8.14. The van der Waals surface area contributed by atoms with Crippen molar-refractivity contribution < 1.29 is 26.0 Å². The highest BCUT2D eigenvalue weighted by Crippen LogP contribution is 2.30. The average molecular weight is 316 g/mol. The molecule has 2 rings (SSSR count). The Hall–Kier alpha value is -1.28. The van der Waals surface area contributed by atoms with Gasteiger partial charge in [-0.3, -0.25) is 0 Å². The summed E-state index contributed by atoms with van der Waals surface area (Å²) < 4.78 is 73.5. The first kappa shape index (κ1) is 14.1. The summed E-state index contributed by atoms with van der Waals surface area (Å²) in [5.74, 6) is -0.765. The standard InChI is InChI=1S/C10H6ClF4NO2S/c11-19(17,18)9-4-16(5-10(13,14)15)8-2-1-6(12)3-7(8)9/h1-4H,5H2. The van der Waals surface area contributed by atoms with E-state index in [0.29, 0.717) is 4.57 Å². The monoisotopic (exact) mass is 315 g/mol. The van der Waals surface area contributed by atoms with Gasteiger partial charge in [0.05, 0.1) is 0 Å². The fraction of sp³-hybridized carbons (Fsp3) is 0.200. The van der Waals surface area contributed by atoms with E-state index in [0.717, 1.165) is 24.4 Å². The van der Waals surface area contributed by atoms with E-state index in [-0.39, 0.29) is 10.9 Å². The maximum absolute atomic E-state index is 13.1. The van der Waals surface area contributed by atoms with Crippen molar-refractivity contribution in [3.63, 3.8) is 0 Å². The first-order valence-corrected chi connectivity index (χ1v) is 7.19. The lowest BCUT2D eigenvalue weighted by Crippen LogP contribution is -2.16. The van der Waals surface area contributed by atoms with Gasteiger partial charge in [0.15, 0.2) is 0 Å². The van der Waals surface area contributed by atoms with Gasteiger partial charge >= 0.3 is 6.18 Å². The van der Waals surface area contributed by atoms with Crippen molar-refractivity contribution in [1.29, 1.82) is 0 Å². The zero-order valence-corrected chi connectivity index (χ0v) is 10.7. The fourth-order valence-corrected chi connectivity index (χ4v) is 2.80. The SMILES string of the molecule is O=S(=O)(Cl)c1cn(CC(F)(F)F)c2ccc(F)cc12. The van der Waals surface area contributed by atoms with Crippen molar-refractivity contribution in [3.05, 3.63) is 30.2 Å². The van der Waals surface area contributed by atoms with E-state index < -0.39 is 32.5 Å². The maximum Gasteiger partial charge on any atom is 0.406 e. The topological polar surface area (TPSA) is 39.1 Å². The summed E-state index contributed by atoms with van der Waals surface area (Å²) in [7, 11) is 0.866. The molecule has 0 unspecified atom stereocenters. The Morgan fingerprint density at radius 3 is 2.42 bits per heavy atom. The quantitative estimate of drug-likeness (QED) is 0.630. The molecule has 0 saturated carbocycles. The van der Waals surface area contributed by atoms with Crippen LogP contribution >= 0.6 is 10.7 Å². The Kier molecular flexibility index (Phi) is 3.26. The largest absolute Gasteiger partial charge is 0.406 e. The zero-order valence-electron chi connectivity index (χ0n) is 9.08. The molecule has 104 valence electrons. The molecule has 0 saturated heterocycles. The van der Waals surface area contributed by atoms with Crippen LogP contribution in [0.15, 0.2) is 29.3 Å². The number of aromatic nitrogens is 1. The van der Waals surface area contributed by atoms with Gasteiger partial charge in [-0.05, 0) is 18.2 Å². The zero-order chi connectivity index (χ0) is 14.4. The molecule has 0 aliphatic rings. The predicted molar refractivity (Wildman–Crippen MR) is 61.0 cm³/mol. The molecule has 1 aromatic carbocycles. The number of halogens is 5. The second-order valence-electron chi connectivity index (χ2n) is 3.84. The smallest absolute Gasteiger partial charge is 0.337 e. The van der Waals surface area contributed by atoms with Crippen molar-refractivity contribution in [2.45, 2.75) is 17.6 Å². The lowest BCUT2D eigenvalue weighted by atomic mass is 10.2.